The highest BCUT2D eigenvalue weighted by atomic mass is 33.1. The van der Waals surface area contributed by atoms with Crippen LogP contribution in [0.2, 0.25) is 0 Å². The Bertz CT molecular complexity index is 7.51. The molecule has 0 aliphatic rings. The summed E-state index contributed by atoms with van der Waals surface area (Å²) in [4.78, 5) is 0. The topological polar surface area (TPSA) is 0 Å². The minimum Gasteiger partial charge on any atom is -0.0979 e. The van der Waals surface area contributed by atoms with Gasteiger partial charge >= 0.3 is 0 Å². The van der Waals surface area contributed by atoms with Crippen LogP contribution < -0.4 is 0 Å². The zero-order valence-corrected chi connectivity index (χ0v) is 6.45. The largest absolute Gasteiger partial charge is 0.0979 e. The Labute approximate surface area is 48.5 Å². The van der Waals surface area contributed by atoms with Crippen LogP contribution >= 0.6 is 21.6 Å². The van der Waals surface area contributed by atoms with E-state index in [0.717, 1.165) is 0 Å². The van der Waals surface area contributed by atoms with Crippen molar-refractivity contribution >= 4 is 21.6 Å². The Morgan fingerprint density at radius 1 is 0.833 bits per heavy atom. The molecule has 0 rings (SSSR count). The molecule has 0 bridgehead atoms. The van der Waals surface area contributed by atoms with Crippen molar-refractivity contribution in [3.63, 3.8) is 0 Å². The third-order valence-corrected chi connectivity index (χ3v) is 1.50. The van der Waals surface area contributed by atoms with Crippen molar-refractivity contribution in [1.82, 2.24) is 0 Å². The first-order chi connectivity index (χ1) is 2.91. The zero-order chi connectivity index (χ0) is 5.41. The summed E-state index contributed by atoms with van der Waals surface area (Å²) in [6.45, 7) is 4.00. The van der Waals surface area contributed by atoms with Gasteiger partial charge in [-0.15, -0.1) is 0 Å². The second-order valence-electron chi connectivity index (χ2n) is 0.333. The van der Waals surface area contributed by atoms with E-state index >= 15 is 0 Å². The van der Waals surface area contributed by atoms with Crippen molar-refractivity contribution in [3.05, 3.63) is 0 Å². The van der Waals surface area contributed by atoms with Crippen molar-refractivity contribution in [2.45, 2.75) is 13.8 Å². The average molecular weight is 124 g/mol. The second kappa shape index (κ2) is 17.3. The third kappa shape index (κ3) is 22.3. The van der Waals surface area contributed by atoms with Crippen LogP contribution in [0.25, 0.3) is 0 Å². The minimum absolute atomic E-state index is 1.77. The highest BCUT2D eigenvalue weighted by molar-refractivity contribution is 8.76. The molecule has 0 aliphatic heterocycles. The summed E-state index contributed by atoms with van der Waals surface area (Å²) in [6, 6.07) is 0. The molecule has 0 N–H and O–H groups in total. The van der Waals surface area contributed by atoms with E-state index in [1.165, 1.54) is 0 Å². The van der Waals surface area contributed by atoms with Gasteiger partial charge in [-0.1, -0.05) is 35.4 Å². The van der Waals surface area contributed by atoms with Crippen molar-refractivity contribution in [1.29, 1.82) is 0 Å². The van der Waals surface area contributed by atoms with Gasteiger partial charge in [-0.25, -0.2) is 0 Å². The Morgan fingerprint density at radius 3 is 1.00 bits per heavy atom. The van der Waals surface area contributed by atoms with Crippen LogP contribution in [0.4, 0.5) is 0 Å². The molecule has 0 unspecified atom stereocenters. The van der Waals surface area contributed by atoms with Gasteiger partial charge < -0.3 is 0 Å². The van der Waals surface area contributed by atoms with Crippen molar-refractivity contribution in [2.75, 3.05) is 12.5 Å². The number of hydrogen-bond acceptors (Lipinski definition) is 2. The summed E-state index contributed by atoms with van der Waals surface area (Å²) in [5, 5.41) is 0. The van der Waals surface area contributed by atoms with Gasteiger partial charge in [0.05, 0.1) is 0 Å². The lowest BCUT2D eigenvalue weighted by Crippen LogP contribution is -1.28. The van der Waals surface area contributed by atoms with Crippen LogP contribution in [0.1, 0.15) is 13.8 Å². The van der Waals surface area contributed by atoms with Crippen LogP contribution in [0.15, 0.2) is 0 Å². The molecule has 0 heterocycles. The van der Waals surface area contributed by atoms with Gasteiger partial charge in [0.15, 0.2) is 0 Å². The normalized spacial score (nSPS) is 6.00. The first kappa shape index (κ1) is 9.85. The van der Waals surface area contributed by atoms with E-state index in [1.54, 1.807) is 21.6 Å². The highest BCUT2D eigenvalue weighted by Gasteiger charge is 1.55. The first-order valence-electron chi connectivity index (χ1n) is 1.98. The minimum atomic E-state index is 1.77. The smallest absolute Gasteiger partial charge is 0.00793 e. The summed E-state index contributed by atoms with van der Waals surface area (Å²) in [5.41, 5.74) is 0. The van der Waals surface area contributed by atoms with Crippen LogP contribution in [0.3, 0.4) is 0 Å². The van der Waals surface area contributed by atoms with Gasteiger partial charge in [0, 0.05) is 0 Å². The maximum atomic E-state index is 2.06. The van der Waals surface area contributed by atoms with Gasteiger partial charge in [0.1, 0.15) is 0 Å². The molecule has 0 radical (unpaired) electrons. The molecule has 2 heteroatoms. The second-order valence-corrected chi connectivity index (χ2v) is 3.00. The zero-order valence-electron chi connectivity index (χ0n) is 4.82. The quantitative estimate of drug-likeness (QED) is 0.493. The number of hydrogen-bond donors (Lipinski definition) is 0. The molecule has 0 atom stereocenters. The van der Waals surface area contributed by atoms with E-state index in [0.29, 0.717) is 0 Å². The summed E-state index contributed by atoms with van der Waals surface area (Å²) < 4.78 is 0. The predicted molar refractivity (Wildman–Crippen MR) is 38.4 cm³/mol. The lowest BCUT2D eigenvalue weighted by molar-refractivity contribution is 1.50. The molecule has 6 heavy (non-hydrogen) atoms. The standard InChI is InChI=1S/C2H6S2.C2H6/c1-3-4-2;1-2/h1-2H3;1-2H3. The van der Waals surface area contributed by atoms with Crippen LogP contribution in [-0.2, 0) is 0 Å². The Balaban J connectivity index is 0. The summed E-state index contributed by atoms with van der Waals surface area (Å²) in [5.74, 6) is 0. The fourth-order valence-electron chi connectivity index (χ4n) is 0. The predicted octanol–water partition coefficient (Wildman–Crippen LogP) is 2.65. The molecular weight excluding hydrogens is 112 g/mol. The Morgan fingerprint density at radius 2 is 1.00 bits per heavy atom. The van der Waals surface area contributed by atoms with Gasteiger partial charge in [0.25, 0.3) is 0 Å². The average Bonchev–Trinajstić information content (AvgIpc) is 1.72. The van der Waals surface area contributed by atoms with E-state index < -0.39 is 0 Å². The van der Waals surface area contributed by atoms with Crippen molar-refractivity contribution in [2.24, 2.45) is 0 Å². The molecule has 0 aromatic rings. The van der Waals surface area contributed by atoms with E-state index in [2.05, 4.69) is 12.5 Å². The maximum absolute atomic E-state index is 2.06. The summed E-state index contributed by atoms with van der Waals surface area (Å²) in [7, 11) is 3.55. The third-order valence-electron chi connectivity index (χ3n) is 0.167. The maximum Gasteiger partial charge on any atom is -0.00793 e. The lowest BCUT2D eigenvalue weighted by Gasteiger charge is -1.69. The molecular formula is C4H12S2. The fourth-order valence-corrected chi connectivity index (χ4v) is 0. The molecule has 0 amide bonds. The molecule has 0 nitrogen and oxygen atoms in total. The lowest BCUT2D eigenvalue weighted by atomic mass is 11.0. The monoisotopic (exact) mass is 124 g/mol. The molecule has 0 aromatic heterocycles. The number of rotatable bonds is 1. The first-order valence-corrected chi connectivity index (χ1v) is 4.95. The van der Waals surface area contributed by atoms with Crippen LogP contribution in [-0.4, -0.2) is 12.5 Å². The Kier molecular flexibility index (Phi) is 28.4. The van der Waals surface area contributed by atoms with Crippen molar-refractivity contribution in [3.8, 4) is 0 Å². The van der Waals surface area contributed by atoms with Gasteiger partial charge in [-0.3, -0.25) is 0 Å². The molecule has 0 fully saturated rings. The molecule has 0 spiro atoms. The van der Waals surface area contributed by atoms with Gasteiger partial charge in [-0.2, -0.15) is 0 Å². The molecule has 0 saturated carbocycles. The van der Waals surface area contributed by atoms with E-state index in [4.69, 9.17) is 0 Å². The van der Waals surface area contributed by atoms with Gasteiger partial charge in [-0.05, 0) is 12.5 Å². The van der Waals surface area contributed by atoms with Crippen LogP contribution in [0, 0.1) is 0 Å². The fraction of sp³-hybridized carbons (Fsp3) is 1.00. The SMILES string of the molecule is CC.CSSC. The van der Waals surface area contributed by atoms with Crippen molar-refractivity contribution < 1.29 is 0 Å². The van der Waals surface area contributed by atoms with E-state index in [-0.39, 0.29) is 0 Å². The molecule has 40 valence electrons. The van der Waals surface area contributed by atoms with Gasteiger partial charge in [0.2, 0.25) is 0 Å². The van der Waals surface area contributed by atoms with E-state index in [1.807, 2.05) is 13.8 Å². The molecule has 0 saturated heterocycles. The van der Waals surface area contributed by atoms with E-state index in [9.17, 15) is 0 Å². The summed E-state index contributed by atoms with van der Waals surface area (Å²) >= 11 is 0. The summed E-state index contributed by atoms with van der Waals surface area (Å²) in [6.07, 6.45) is 4.12. The molecule has 0 aromatic carbocycles. The molecule has 0 aliphatic carbocycles. The van der Waals surface area contributed by atoms with Crippen LogP contribution in [0.5, 0.6) is 0 Å². The highest BCUT2D eigenvalue weighted by Crippen LogP contribution is 2.09. The Hall–Kier alpha value is 0.700.